The van der Waals surface area contributed by atoms with Crippen LogP contribution in [-0.4, -0.2) is 50.1 Å². The van der Waals surface area contributed by atoms with Crippen molar-refractivity contribution in [2.24, 2.45) is 0 Å². The number of carbonyl (C=O) groups is 1. The first-order valence-electron chi connectivity index (χ1n) is 8.79. The molecular weight excluding hydrogens is 340 g/mol. The Morgan fingerprint density at radius 1 is 1.24 bits per heavy atom. The molecule has 1 saturated heterocycles. The van der Waals surface area contributed by atoms with Crippen LogP contribution in [0.25, 0.3) is 0 Å². The largest absolute Gasteiger partial charge is 0.483 e. The minimum atomic E-state index is -3.15. The molecule has 140 valence electrons. The molecule has 1 aromatic rings. The lowest BCUT2D eigenvalue weighted by atomic mass is 10.1. The van der Waals surface area contributed by atoms with Crippen molar-refractivity contribution >= 4 is 15.9 Å². The van der Waals surface area contributed by atoms with Crippen LogP contribution in [0.1, 0.15) is 37.3 Å². The third-order valence-corrected chi connectivity index (χ3v) is 6.51. The number of hydrogen-bond acceptors (Lipinski definition) is 4. The van der Waals surface area contributed by atoms with Crippen molar-refractivity contribution in [3.8, 4) is 5.75 Å². The second-order valence-corrected chi connectivity index (χ2v) is 8.65. The van der Waals surface area contributed by atoms with Gasteiger partial charge in [-0.15, -0.1) is 0 Å². The van der Waals surface area contributed by atoms with Crippen LogP contribution in [0.3, 0.4) is 0 Å². The SMILES string of the molecule is CCCS(=O)(=O)N1CCC(NC(=O)COc2c(C)cccc2C)CC1. The summed E-state index contributed by atoms with van der Waals surface area (Å²) in [6.07, 6.45) is 1.89. The zero-order valence-electron chi connectivity index (χ0n) is 15.2. The van der Waals surface area contributed by atoms with Crippen molar-refractivity contribution in [2.75, 3.05) is 25.4 Å². The number of hydrogen-bond donors (Lipinski definition) is 1. The molecule has 0 radical (unpaired) electrons. The van der Waals surface area contributed by atoms with Gasteiger partial charge in [-0.25, -0.2) is 12.7 Å². The van der Waals surface area contributed by atoms with Crippen molar-refractivity contribution in [1.29, 1.82) is 0 Å². The van der Waals surface area contributed by atoms with Crippen molar-refractivity contribution in [3.05, 3.63) is 29.3 Å². The van der Waals surface area contributed by atoms with Crippen LogP contribution >= 0.6 is 0 Å². The van der Waals surface area contributed by atoms with Gasteiger partial charge in [-0.2, -0.15) is 0 Å². The van der Waals surface area contributed by atoms with Crippen molar-refractivity contribution in [1.82, 2.24) is 9.62 Å². The summed E-state index contributed by atoms with van der Waals surface area (Å²) in [7, 11) is -3.15. The van der Waals surface area contributed by atoms with Crippen LogP contribution < -0.4 is 10.1 Å². The number of rotatable bonds is 7. The van der Waals surface area contributed by atoms with Gasteiger partial charge < -0.3 is 10.1 Å². The quantitative estimate of drug-likeness (QED) is 0.799. The van der Waals surface area contributed by atoms with E-state index in [-0.39, 0.29) is 24.3 Å². The van der Waals surface area contributed by atoms with Crippen molar-refractivity contribution < 1.29 is 17.9 Å². The Labute approximate surface area is 150 Å². The maximum absolute atomic E-state index is 12.1. The molecule has 0 spiro atoms. The summed E-state index contributed by atoms with van der Waals surface area (Å²) in [5.41, 5.74) is 2.00. The minimum Gasteiger partial charge on any atom is -0.483 e. The first-order chi connectivity index (χ1) is 11.8. The van der Waals surface area contributed by atoms with E-state index in [4.69, 9.17) is 4.74 Å². The third kappa shape index (κ3) is 5.44. The Kier molecular flexibility index (Phi) is 6.84. The van der Waals surface area contributed by atoms with Crippen molar-refractivity contribution in [2.45, 2.75) is 46.1 Å². The van der Waals surface area contributed by atoms with E-state index in [0.717, 1.165) is 16.9 Å². The lowest BCUT2D eigenvalue weighted by Crippen LogP contribution is -2.47. The van der Waals surface area contributed by atoms with Gasteiger partial charge in [0.15, 0.2) is 6.61 Å². The average molecular weight is 368 g/mol. The molecule has 0 saturated carbocycles. The summed E-state index contributed by atoms with van der Waals surface area (Å²) in [6.45, 7) is 6.66. The molecule has 1 amide bonds. The molecule has 1 aromatic carbocycles. The molecule has 6 nitrogen and oxygen atoms in total. The van der Waals surface area contributed by atoms with Crippen LogP contribution in [0, 0.1) is 13.8 Å². The van der Waals surface area contributed by atoms with E-state index in [9.17, 15) is 13.2 Å². The minimum absolute atomic E-state index is 0.00198. The number of piperidine rings is 1. The van der Waals surface area contributed by atoms with E-state index in [0.29, 0.717) is 32.4 Å². The van der Waals surface area contributed by atoms with E-state index < -0.39 is 10.0 Å². The summed E-state index contributed by atoms with van der Waals surface area (Å²) < 4.78 is 31.3. The van der Waals surface area contributed by atoms with E-state index in [2.05, 4.69) is 5.32 Å². The number of amides is 1. The molecule has 0 aromatic heterocycles. The lowest BCUT2D eigenvalue weighted by molar-refractivity contribution is -0.124. The Morgan fingerprint density at radius 3 is 2.40 bits per heavy atom. The zero-order valence-corrected chi connectivity index (χ0v) is 16.1. The molecule has 1 aliphatic rings. The molecule has 0 aliphatic carbocycles. The second-order valence-electron chi connectivity index (χ2n) is 6.57. The number of para-hydroxylation sites is 1. The van der Waals surface area contributed by atoms with E-state index in [1.165, 1.54) is 4.31 Å². The summed E-state index contributed by atoms with van der Waals surface area (Å²) in [5, 5.41) is 2.95. The number of nitrogens with one attached hydrogen (secondary N) is 1. The summed E-state index contributed by atoms with van der Waals surface area (Å²) >= 11 is 0. The monoisotopic (exact) mass is 368 g/mol. The normalized spacial score (nSPS) is 16.6. The van der Waals surface area contributed by atoms with Crippen LogP contribution in [0.5, 0.6) is 5.75 Å². The van der Waals surface area contributed by atoms with Crippen LogP contribution in [0.4, 0.5) is 0 Å². The Bertz CT molecular complexity index is 675. The maximum atomic E-state index is 12.1. The third-order valence-electron chi connectivity index (χ3n) is 4.43. The number of nitrogens with zero attached hydrogens (tertiary/aromatic N) is 1. The summed E-state index contributed by atoms with van der Waals surface area (Å²) in [5.74, 6) is 0.767. The highest BCUT2D eigenvalue weighted by Crippen LogP contribution is 2.22. The molecule has 0 atom stereocenters. The number of carbonyl (C=O) groups excluding carboxylic acids is 1. The molecule has 1 N–H and O–H groups in total. The van der Waals surface area contributed by atoms with Gasteiger partial charge in [0.1, 0.15) is 5.75 Å². The molecule has 1 fully saturated rings. The maximum Gasteiger partial charge on any atom is 0.258 e. The molecule has 7 heteroatoms. The molecule has 0 unspecified atom stereocenters. The van der Waals surface area contributed by atoms with Gasteiger partial charge in [0.2, 0.25) is 10.0 Å². The van der Waals surface area contributed by atoms with Gasteiger partial charge in [0.05, 0.1) is 5.75 Å². The topological polar surface area (TPSA) is 75.7 Å². The number of benzene rings is 1. The van der Waals surface area contributed by atoms with Gasteiger partial charge >= 0.3 is 0 Å². The average Bonchev–Trinajstić information content (AvgIpc) is 2.55. The Morgan fingerprint density at radius 2 is 1.84 bits per heavy atom. The fourth-order valence-corrected chi connectivity index (χ4v) is 4.64. The predicted molar refractivity (Wildman–Crippen MR) is 98.2 cm³/mol. The molecule has 2 rings (SSSR count). The van der Waals surface area contributed by atoms with Gasteiger partial charge in [0, 0.05) is 19.1 Å². The van der Waals surface area contributed by atoms with E-state index in [1.54, 1.807) is 0 Å². The van der Waals surface area contributed by atoms with Gasteiger partial charge in [0.25, 0.3) is 5.91 Å². The van der Waals surface area contributed by atoms with Crippen LogP contribution in [0.2, 0.25) is 0 Å². The van der Waals surface area contributed by atoms with Gasteiger partial charge in [-0.3, -0.25) is 4.79 Å². The molecule has 0 bridgehead atoms. The van der Waals surface area contributed by atoms with Gasteiger partial charge in [-0.1, -0.05) is 25.1 Å². The van der Waals surface area contributed by atoms with Crippen molar-refractivity contribution in [3.63, 3.8) is 0 Å². The molecule has 1 heterocycles. The predicted octanol–water partition coefficient (Wildman–Crippen LogP) is 2.00. The summed E-state index contributed by atoms with van der Waals surface area (Å²) in [4.78, 5) is 12.1. The van der Waals surface area contributed by atoms with Gasteiger partial charge in [-0.05, 0) is 44.2 Å². The first kappa shape index (κ1) is 19.7. The Balaban J connectivity index is 1.79. The van der Waals surface area contributed by atoms with E-state index >= 15 is 0 Å². The highest BCUT2D eigenvalue weighted by Gasteiger charge is 2.27. The highest BCUT2D eigenvalue weighted by molar-refractivity contribution is 7.89. The van der Waals surface area contributed by atoms with E-state index in [1.807, 2.05) is 39.0 Å². The van der Waals surface area contributed by atoms with Crippen LogP contribution in [-0.2, 0) is 14.8 Å². The Hall–Kier alpha value is -1.60. The fourth-order valence-electron chi connectivity index (χ4n) is 3.10. The fraction of sp³-hybridized carbons (Fsp3) is 0.611. The molecular formula is C18H28N2O4S. The first-order valence-corrected chi connectivity index (χ1v) is 10.4. The second kappa shape index (κ2) is 8.67. The van der Waals surface area contributed by atoms with Crippen LogP contribution in [0.15, 0.2) is 18.2 Å². The number of ether oxygens (including phenoxy) is 1. The summed E-state index contributed by atoms with van der Waals surface area (Å²) in [6, 6.07) is 5.86. The highest BCUT2D eigenvalue weighted by atomic mass is 32.2. The smallest absolute Gasteiger partial charge is 0.258 e. The standard InChI is InChI=1S/C18H28N2O4S/c1-4-12-25(22,23)20-10-8-16(9-11-20)19-17(21)13-24-18-14(2)6-5-7-15(18)3/h5-7,16H,4,8-13H2,1-3H3,(H,19,21). The number of aryl methyl sites for hydroxylation is 2. The molecule has 1 aliphatic heterocycles. The molecule has 25 heavy (non-hydrogen) atoms. The lowest BCUT2D eigenvalue weighted by Gasteiger charge is -2.31. The zero-order chi connectivity index (χ0) is 18.4. The number of sulfonamides is 1.